The van der Waals surface area contributed by atoms with Crippen LogP contribution in [-0.2, 0) is 27.9 Å². The second-order valence-electron chi connectivity index (χ2n) is 7.39. The molecule has 0 aliphatic heterocycles. The normalized spacial score (nSPS) is 11.3. The van der Waals surface area contributed by atoms with Gasteiger partial charge >= 0.3 is 10.1 Å². The maximum Gasteiger partial charge on any atom is 0.339 e. The smallest absolute Gasteiger partial charge is 0.339 e. The van der Waals surface area contributed by atoms with Crippen molar-refractivity contribution >= 4 is 22.1 Å². The average Bonchev–Trinajstić information content (AvgIpc) is 2.88. The van der Waals surface area contributed by atoms with E-state index in [-0.39, 0.29) is 34.9 Å². The molecule has 0 saturated carbocycles. The number of hydrogen-bond donors (Lipinski definition) is 1. The van der Waals surface area contributed by atoms with Crippen molar-refractivity contribution < 1.29 is 22.1 Å². The molecule has 8 heteroatoms. The highest BCUT2D eigenvalue weighted by Gasteiger charge is 2.22. The van der Waals surface area contributed by atoms with Gasteiger partial charge in [0.2, 0.25) is 0 Å². The molecule has 3 aromatic carbocycles. The number of nitriles is 1. The third-order valence-corrected chi connectivity index (χ3v) is 6.17. The highest BCUT2D eigenvalue weighted by atomic mass is 32.2. The van der Waals surface area contributed by atoms with Crippen LogP contribution in [0.15, 0.2) is 95.9 Å². The second kappa shape index (κ2) is 11.7. The summed E-state index contributed by atoms with van der Waals surface area (Å²) in [7, 11) is -2.75. The Morgan fingerprint density at radius 2 is 1.74 bits per heavy atom. The van der Waals surface area contributed by atoms with Crippen molar-refractivity contribution in [1.29, 1.82) is 5.26 Å². The Morgan fingerprint density at radius 3 is 2.34 bits per heavy atom. The lowest BCUT2D eigenvalue weighted by Crippen LogP contribution is -2.23. The molecule has 0 saturated heterocycles. The van der Waals surface area contributed by atoms with Crippen molar-refractivity contribution in [2.45, 2.75) is 17.9 Å². The lowest BCUT2D eigenvalue weighted by Gasteiger charge is -2.15. The molecule has 0 fully saturated rings. The molecule has 1 N–H and O–H groups in total. The molecule has 178 valence electrons. The SMILES string of the molecule is C=CCc1cc(/C=C(\C#N)C(=O)NCc2ccccc2)cc(OC)c1OS(=O)(=O)c1ccccc1. The van der Waals surface area contributed by atoms with E-state index in [0.29, 0.717) is 11.1 Å². The van der Waals surface area contributed by atoms with Gasteiger partial charge in [-0.25, -0.2) is 0 Å². The van der Waals surface area contributed by atoms with E-state index in [1.165, 1.54) is 31.4 Å². The van der Waals surface area contributed by atoms with Crippen molar-refractivity contribution in [2.24, 2.45) is 0 Å². The van der Waals surface area contributed by atoms with E-state index in [0.717, 1.165) is 5.56 Å². The van der Waals surface area contributed by atoms with Crippen LogP contribution >= 0.6 is 0 Å². The number of ether oxygens (including phenoxy) is 1. The van der Waals surface area contributed by atoms with Crippen LogP contribution in [-0.4, -0.2) is 21.4 Å². The van der Waals surface area contributed by atoms with Crippen LogP contribution in [0.5, 0.6) is 11.5 Å². The number of benzene rings is 3. The minimum Gasteiger partial charge on any atom is -0.493 e. The van der Waals surface area contributed by atoms with Crippen molar-refractivity contribution in [3.8, 4) is 17.6 Å². The third-order valence-electron chi connectivity index (χ3n) is 4.94. The zero-order valence-corrected chi connectivity index (χ0v) is 19.9. The summed E-state index contributed by atoms with van der Waals surface area (Å²) in [6, 6.07) is 22.1. The van der Waals surface area contributed by atoms with E-state index in [1.54, 1.807) is 30.3 Å². The number of methoxy groups -OCH3 is 1. The Morgan fingerprint density at radius 1 is 1.09 bits per heavy atom. The Kier molecular flexibility index (Phi) is 8.43. The van der Waals surface area contributed by atoms with Crippen LogP contribution in [0.3, 0.4) is 0 Å². The van der Waals surface area contributed by atoms with E-state index in [9.17, 15) is 18.5 Å². The van der Waals surface area contributed by atoms with Crippen LogP contribution in [0.25, 0.3) is 6.08 Å². The number of amides is 1. The number of nitrogens with zero attached hydrogens (tertiary/aromatic N) is 1. The molecule has 0 radical (unpaired) electrons. The molecule has 0 aliphatic carbocycles. The standard InChI is InChI=1S/C27H24N2O5S/c1-3-10-22-15-21(16-23(18-28)27(30)29-19-20-11-6-4-7-12-20)17-25(33-2)26(22)34-35(31,32)24-13-8-5-9-14-24/h3-9,11-17H,1,10,19H2,2H3,(H,29,30)/b23-16+. The lowest BCUT2D eigenvalue weighted by atomic mass is 10.0. The first-order valence-electron chi connectivity index (χ1n) is 10.6. The average molecular weight is 489 g/mol. The zero-order chi connectivity index (χ0) is 25.3. The Hall–Kier alpha value is -4.35. The molecule has 0 unspecified atom stereocenters. The molecule has 0 aliphatic rings. The quantitative estimate of drug-likeness (QED) is 0.196. The second-order valence-corrected chi connectivity index (χ2v) is 8.94. The molecule has 1 amide bonds. The molecule has 3 aromatic rings. The Balaban J connectivity index is 1.93. The Labute approximate surface area is 205 Å². The van der Waals surface area contributed by atoms with Gasteiger partial charge < -0.3 is 14.2 Å². The first-order chi connectivity index (χ1) is 16.9. The Bertz CT molecular complexity index is 1380. The van der Waals surface area contributed by atoms with Gasteiger partial charge in [-0.15, -0.1) is 6.58 Å². The van der Waals surface area contributed by atoms with Gasteiger partial charge in [-0.05, 0) is 47.9 Å². The van der Waals surface area contributed by atoms with Crippen LogP contribution in [0.4, 0.5) is 0 Å². The number of carbonyl (C=O) groups is 1. The van der Waals surface area contributed by atoms with E-state index in [2.05, 4.69) is 11.9 Å². The van der Waals surface area contributed by atoms with Crippen molar-refractivity contribution in [2.75, 3.05) is 7.11 Å². The summed E-state index contributed by atoms with van der Waals surface area (Å²) in [6.07, 6.45) is 3.26. The number of nitrogens with one attached hydrogen (secondary N) is 1. The summed E-state index contributed by atoms with van der Waals surface area (Å²) in [6.45, 7) is 3.99. The van der Waals surface area contributed by atoms with Gasteiger partial charge in [0.1, 0.15) is 16.5 Å². The fourth-order valence-electron chi connectivity index (χ4n) is 3.25. The molecule has 0 bridgehead atoms. The van der Waals surface area contributed by atoms with Crippen LogP contribution in [0, 0.1) is 11.3 Å². The molecular weight excluding hydrogens is 464 g/mol. The maximum absolute atomic E-state index is 12.8. The van der Waals surface area contributed by atoms with E-state index < -0.39 is 16.0 Å². The fourth-order valence-corrected chi connectivity index (χ4v) is 4.25. The van der Waals surface area contributed by atoms with Crippen LogP contribution < -0.4 is 14.2 Å². The lowest BCUT2D eigenvalue weighted by molar-refractivity contribution is -0.117. The summed E-state index contributed by atoms with van der Waals surface area (Å²) in [4.78, 5) is 12.6. The molecule has 0 heterocycles. The fraction of sp³-hybridized carbons (Fsp3) is 0.111. The minimum atomic E-state index is -4.12. The zero-order valence-electron chi connectivity index (χ0n) is 19.1. The number of carbonyl (C=O) groups excluding carboxylic acids is 1. The van der Waals surface area contributed by atoms with Gasteiger partial charge in [-0.2, -0.15) is 13.7 Å². The summed E-state index contributed by atoms with van der Waals surface area (Å²) in [5.41, 5.74) is 1.72. The van der Waals surface area contributed by atoms with Gasteiger partial charge in [0.05, 0.1) is 7.11 Å². The highest BCUT2D eigenvalue weighted by molar-refractivity contribution is 7.87. The molecule has 7 nitrogen and oxygen atoms in total. The number of allylic oxidation sites excluding steroid dienone is 1. The summed E-state index contributed by atoms with van der Waals surface area (Å²) >= 11 is 0. The summed E-state index contributed by atoms with van der Waals surface area (Å²) < 4.78 is 36.5. The van der Waals surface area contributed by atoms with Crippen LogP contribution in [0.2, 0.25) is 0 Å². The highest BCUT2D eigenvalue weighted by Crippen LogP contribution is 2.36. The topological polar surface area (TPSA) is 105 Å². The van der Waals surface area contributed by atoms with Crippen molar-refractivity contribution in [3.63, 3.8) is 0 Å². The van der Waals surface area contributed by atoms with E-state index >= 15 is 0 Å². The monoisotopic (exact) mass is 488 g/mol. The van der Waals surface area contributed by atoms with Gasteiger partial charge in [-0.3, -0.25) is 4.79 Å². The predicted octanol–water partition coefficient (Wildman–Crippen LogP) is 4.41. The molecule has 35 heavy (non-hydrogen) atoms. The van der Waals surface area contributed by atoms with Gasteiger partial charge in [0.25, 0.3) is 5.91 Å². The van der Waals surface area contributed by atoms with Crippen molar-refractivity contribution in [1.82, 2.24) is 5.32 Å². The summed E-state index contributed by atoms with van der Waals surface area (Å²) in [5, 5.41) is 12.3. The summed E-state index contributed by atoms with van der Waals surface area (Å²) in [5.74, 6) is -0.384. The van der Waals surface area contributed by atoms with Gasteiger partial charge in [0.15, 0.2) is 11.5 Å². The van der Waals surface area contributed by atoms with Gasteiger partial charge in [0, 0.05) is 12.1 Å². The molecule has 0 atom stereocenters. The number of rotatable bonds is 10. The predicted molar refractivity (Wildman–Crippen MR) is 133 cm³/mol. The van der Waals surface area contributed by atoms with Crippen molar-refractivity contribution in [3.05, 3.63) is 108 Å². The number of hydrogen-bond acceptors (Lipinski definition) is 6. The third kappa shape index (κ3) is 6.59. The van der Waals surface area contributed by atoms with Crippen LogP contribution in [0.1, 0.15) is 16.7 Å². The van der Waals surface area contributed by atoms with E-state index in [1.807, 2.05) is 36.4 Å². The maximum atomic E-state index is 12.8. The largest absolute Gasteiger partial charge is 0.493 e. The minimum absolute atomic E-state index is 0.00238. The molecule has 3 rings (SSSR count). The van der Waals surface area contributed by atoms with E-state index in [4.69, 9.17) is 8.92 Å². The van der Waals surface area contributed by atoms with Gasteiger partial charge in [-0.1, -0.05) is 54.6 Å². The first-order valence-corrected chi connectivity index (χ1v) is 12.0. The molecular formula is C27H24N2O5S. The first kappa shape index (κ1) is 25.3. The molecule has 0 aromatic heterocycles. The molecule has 0 spiro atoms.